The summed E-state index contributed by atoms with van der Waals surface area (Å²) in [4.78, 5) is 0. The molecule has 20 heavy (non-hydrogen) atoms. The molecule has 1 aliphatic carbocycles. The second-order valence-electron chi connectivity index (χ2n) is 5.59. The van der Waals surface area contributed by atoms with E-state index in [1.54, 1.807) is 0 Å². The summed E-state index contributed by atoms with van der Waals surface area (Å²) in [5.74, 6) is 1.71. The number of aromatic nitrogens is 4. The third-order valence-corrected chi connectivity index (χ3v) is 4.51. The number of benzene rings is 1. The van der Waals surface area contributed by atoms with Crippen LogP contribution < -0.4 is 0 Å². The SMILES string of the molecule is Brc1cccc(Cc2nnnn2CC2CCCCC2)c1. The number of rotatable bonds is 4. The maximum atomic E-state index is 4.19. The molecule has 0 aliphatic heterocycles. The van der Waals surface area contributed by atoms with Gasteiger partial charge in [-0.2, -0.15) is 0 Å². The largest absolute Gasteiger partial charge is 0.229 e. The molecule has 1 aromatic carbocycles. The maximum absolute atomic E-state index is 4.19. The van der Waals surface area contributed by atoms with E-state index in [2.05, 4.69) is 49.7 Å². The first-order valence-electron chi connectivity index (χ1n) is 7.31. The minimum absolute atomic E-state index is 0.744. The Morgan fingerprint density at radius 1 is 1.20 bits per heavy atom. The van der Waals surface area contributed by atoms with Crippen molar-refractivity contribution in [1.82, 2.24) is 20.2 Å². The van der Waals surface area contributed by atoms with E-state index >= 15 is 0 Å². The van der Waals surface area contributed by atoms with Crippen LogP contribution in [0.4, 0.5) is 0 Å². The smallest absolute Gasteiger partial charge is 0.155 e. The van der Waals surface area contributed by atoms with Gasteiger partial charge in [0.1, 0.15) is 0 Å². The van der Waals surface area contributed by atoms with Gasteiger partial charge < -0.3 is 0 Å². The molecule has 4 nitrogen and oxygen atoms in total. The molecule has 5 heteroatoms. The van der Waals surface area contributed by atoms with Crippen molar-refractivity contribution in [1.29, 1.82) is 0 Å². The third-order valence-electron chi connectivity index (χ3n) is 4.01. The number of hydrogen-bond donors (Lipinski definition) is 0. The van der Waals surface area contributed by atoms with E-state index in [0.717, 1.165) is 29.2 Å². The Morgan fingerprint density at radius 3 is 2.85 bits per heavy atom. The molecule has 0 bridgehead atoms. The minimum atomic E-state index is 0.744. The van der Waals surface area contributed by atoms with Crippen molar-refractivity contribution in [3.05, 3.63) is 40.1 Å². The highest BCUT2D eigenvalue weighted by atomic mass is 79.9. The van der Waals surface area contributed by atoms with Crippen molar-refractivity contribution >= 4 is 15.9 Å². The van der Waals surface area contributed by atoms with Gasteiger partial charge >= 0.3 is 0 Å². The lowest BCUT2D eigenvalue weighted by Gasteiger charge is -2.21. The highest BCUT2D eigenvalue weighted by Gasteiger charge is 2.16. The van der Waals surface area contributed by atoms with E-state index < -0.39 is 0 Å². The molecule has 0 saturated heterocycles. The van der Waals surface area contributed by atoms with Crippen molar-refractivity contribution in [2.24, 2.45) is 5.92 Å². The molecule has 1 aromatic heterocycles. The van der Waals surface area contributed by atoms with Crippen LogP contribution in [0.2, 0.25) is 0 Å². The molecular weight excluding hydrogens is 316 g/mol. The normalized spacial score (nSPS) is 16.4. The highest BCUT2D eigenvalue weighted by molar-refractivity contribution is 9.10. The molecule has 106 valence electrons. The van der Waals surface area contributed by atoms with Crippen LogP contribution in [0, 0.1) is 5.92 Å². The molecular formula is C15H19BrN4. The molecule has 0 radical (unpaired) electrons. The van der Waals surface area contributed by atoms with Crippen molar-refractivity contribution in [3.63, 3.8) is 0 Å². The highest BCUT2D eigenvalue weighted by Crippen LogP contribution is 2.25. The number of tetrazole rings is 1. The fraction of sp³-hybridized carbons (Fsp3) is 0.533. The number of halogens is 1. The molecule has 1 fully saturated rings. The topological polar surface area (TPSA) is 43.6 Å². The van der Waals surface area contributed by atoms with Crippen LogP contribution in [-0.2, 0) is 13.0 Å². The fourth-order valence-corrected chi connectivity index (χ4v) is 3.38. The molecule has 1 heterocycles. The van der Waals surface area contributed by atoms with Crippen LogP contribution in [0.3, 0.4) is 0 Å². The van der Waals surface area contributed by atoms with Gasteiger partial charge in [0, 0.05) is 17.4 Å². The van der Waals surface area contributed by atoms with Crippen molar-refractivity contribution in [2.75, 3.05) is 0 Å². The van der Waals surface area contributed by atoms with Gasteiger partial charge in [-0.25, -0.2) is 4.68 Å². The van der Waals surface area contributed by atoms with E-state index in [-0.39, 0.29) is 0 Å². The fourth-order valence-electron chi connectivity index (χ4n) is 2.94. The second-order valence-corrected chi connectivity index (χ2v) is 6.50. The Balaban J connectivity index is 1.69. The van der Waals surface area contributed by atoms with Crippen LogP contribution in [-0.4, -0.2) is 20.2 Å². The third kappa shape index (κ3) is 3.45. The summed E-state index contributed by atoms with van der Waals surface area (Å²) >= 11 is 3.51. The summed E-state index contributed by atoms with van der Waals surface area (Å²) in [6.45, 7) is 0.969. The Labute approximate surface area is 127 Å². The molecule has 1 saturated carbocycles. The lowest BCUT2D eigenvalue weighted by molar-refractivity contribution is 0.302. The van der Waals surface area contributed by atoms with Gasteiger partial charge in [0.15, 0.2) is 5.82 Å². The molecule has 3 rings (SSSR count). The first kappa shape index (κ1) is 13.7. The van der Waals surface area contributed by atoms with Crippen LogP contribution in [0.15, 0.2) is 28.7 Å². The Morgan fingerprint density at radius 2 is 2.05 bits per heavy atom. The van der Waals surface area contributed by atoms with Gasteiger partial charge in [-0.3, -0.25) is 0 Å². The van der Waals surface area contributed by atoms with Crippen LogP contribution in [0.5, 0.6) is 0 Å². The van der Waals surface area contributed by atoms with Gasteiger partial charge in [0.05, 0.1) is 0 Å². The molecule has 0 N–H and O–H groups in total. The average molecular weight is 335 g/mol. The van der Waals surface area contributed by atoms with Gasteiger partial charge in [-0.1, -0.05) is 47.3 Å². The standard InChI is InChI=1S/C15H19BrN4/c16-14-8-4-7-13(9-14)10-15-17-18-19-20(15)11-12-5-2-1-3-6-12/h4,7-9,12H,1-3,5-6,10-11H2. The molecule has 0 atom stereocenters. The van der Waals surface area contributed by atoms with Crippen LogP contribution in [0.1, 0.15) is 43.5 Å². The van der Waals surface area contributed by atoms with Gasteiger partial charge in [-0.05, 0) is 46.9 Å². The zero-order valence-corrected chi connectivity index (χ0v) is 13.1. The van der Waals surface area contributed by atoms with E-state index in [1.807, 2.05) is 10.7 Å². The number of nitrogens with zero attached hydrogens (tertiary/aromatic N) is 4. The number of hydrogen-bond acceptors (Lipinski definition) is 3. The van der Waals surface area contributed by atoms with Crippen LogP contribution >= 0.6 is 15.9 Å². The summed E-state index contributed by atoms with van der Waals surface area (Å²) in [5.41, 5.74) is 1.24. The van der Waals surface area contributed by atoms with E-state index in [4.69, 9.17) is 0 Å². The van der Waals surface area contributed by atoms with Crippen molar-refractivity contribution < 1.29 is 0 Å². The summed E-state index contributed by atoms with van der Waals surface area (Å²) < 4.78 is 3.10. The summed E-state index contributed by atoms with van der Waals surface area (Å²) in [6.07, 6.45) is 7.52. The van der Waals surface area contributed by atoms with Gasteiger partial charge in [0.2, 0.25) is 0 Å². The van der Waals surface area contributed by atoms with Crippen molar-refractivity contribution in [2.45, 2.75) is 45.1 Å². The van der Waals surface area contributed by atoms with Crippen LogP contribution in [0.25, 0.3) is 0 Å². The first-order valence-corrected chi connectivity index (χ1v) is 8.10. The second kappa shape index (κ2) is 6.48. The molecule has 2 aromatic rings. The van der Waals surface area contributed by atoms with E-state index in [1.165, 1.54) is 37.7 Å². The minimum Gasteiger partial charge on any atom is -0.229 e. The Kier molecular flexibility index (Phi) is 4.45. The molecule has 0 amide bonds. The maximum Gasteiger partial charge on any atom is 0.155 e. The average Bonchev–Trinajstić information content (AvgIpc) is 2.87. The van der Waals surface area contributed by atoms with Gasteiger partial charge in [0.25, 0.3) is 0 Å². The zero-order chi connectivity index (χ0) is 13.8. The summed E-state index contributed by atoms with van der Waals surface area (Å²) in [5, 5.41) is 12.2. The van der Waals surface area contributed by atoms with E-state index in [9.17, 15) is 0 Å². The van der Waals surface area contributed by atoms with E-state index in [0.29, 0.717) is 0 Å². The lowest BCUT2D eigenvalue weighted by Crippen LogP contribution is -2.17. The van der Waals surface area contributed by atoms with Crippen molar-refractivity contribution in [3.8, 4) is 0 Å². The summed E-state index contributed by atoms with van der Waals surface area (Å²) in [7, 11) is 0. The van der Waals surface area contributed by atoms with Gasteiger partial charge in [-0.15, -0.1) is 5.10 Å². The molecule has 1 aliphatic rings. The monoisotopic (exact) mass is 334 g/mol. The Bertz CT molecular complexity index is 561. The Hall–Kier alpha value is -1.23. The first-order chi connectivity index (χ1) is 9.81. The molecule has 0 spiro atoms. The predicted molar refractivity (Wildman–Crippen MR) is 81.3 cm³/mol. The quantitative estimate of drug-likeness (QED) is 0.857. The lowest BCUT2D eigenvalue weighted by atomic mass is 9.89. The zero-order valence-electron chi connectivity index (χ0n) is 11.5. The predicted octanol–water partition coefficient (Wildman–Crippen LogP) is 3.61. The summed E-state index contributed by atoms with van der Waals surface area (Å²) in [6, 6.07) is 8.33. The molecule has 0 unspecified atom stereocenters.